The maximum Gasteiger partial charge on any atom is 0.408 e. The fourth-order valence-electron chi connectivity index (χ4n) is 6.08. The molecule has 3 saturated heterocycles. The van der Waals surface area contributed by atoms with Gasteiger partial charge in [0.1, 0.15) is 30.8 Å². The number of fused-ring (bicyclic) bond motifs is 3. The number of hydrogen-bond acceptors (Lipinski definition) is 7. The maximum atomic E-state index is 14.2. The third kappa shape index (κ3) is 6.83. The number of amides is 5. The first kappa shape index (κ1) is 30.8. The second kappa shape index (κ2) is 12.8. The van der Waals surface area contributed by atoms with Crippen molar-refractivity contribution < 1.29 is 28.7 Å². The summed E-state index contributed by atoms with van der Waals surface area (Å²) in [5, 5.41) is 20.8. The van der Waals surface area contributed by atoms with E-state index < -0.39 is 59.3 Å². The number of nitrogens with one attached hydrogen (secondary N) is 4. The van der Waals surface area contributed by atoms with E-state index >= 15 is 0 Å². The number of nitriles is 1. The van der Waals surface area contributed by atoms with Gasteiger partial charge in [0, 0.05) is 24.4 Å². The van der Waals surface area contributed by atoms with Crippen LogP contribution in [0.1, 0.15) is 52.5 Å². The lowest BCUT2D eigenvalue weighted by Crippen LogP contribution is -2.61. The zero-order valence-electron chi connectivity index (χ0n) is 24.5. The predicted octanol–water partition coefficient (Wildman–Crippen LogP) is 1.21. The average Bonchev–Trinajstić information content (AvgIpc) is 3.57. The van der Waals surface area contributed by atoms with Crippen molar-refractivity contribution in [3.05, 3.63) is 35.9 Å². The molecule has 0 aromatic heterocycles. The van der Waals surface area contributed by atoms with Gasteiger partial charge in [-0.3, -0.25) is 19.2 Å². The topological polar surface area (TPSA) is 170 Å². The lowest BCUT2D eigenvalue weighted by atomic mass is 9.82. The molecule has 0 aliphatic carbocycles. The summed E-state index contributed by atoms with van der Waals surface area (Å²) in [4.78, 5) is 68.1. The Morgan fingerprint density at radius 3 is 2.48 bits per heavy atom. The molecule has 0 saturated carbocycles. The normalized spacial score (nSPS) is 29.8. The van der Waals surface area contributed by atoms with E-state index in [4.69, 9.17) is 4.74 Å². The summed E-state index contributed by atoms with van der Waals surface area (Å²) < 4.78 is 5.42. The van der Waals surface area contributed by atoms with E-state index in [1.165, 1.54) is 4.90 Å². The summed E-state index contributed by atoms with van der Waals surface area (Å²) >= 11 is 0. The van der Waals surface area contributed by atoms with Crippen molar-refractivity contribution in [1.29, 1.82) is 5.26 Å². The van der Waals surface area contributed by atoms with Crippen LogP contribution in [0.25, 0.3) is 0 Å². The van der Waals surface area contributed by atoms with Crippen molar-refractivity contribution >= 4 is 29.7 Å². The standard InChI is InChI=1S/C30H40N6O6/c1-17(2)21-10-11-36-23(21)27(39)33-20(14-31)12-19-13-22(34-25(19)37)26(38)32-16-30(3,4)24(28(36)40)35-29(41)42-15-18-8-6-5-7-9-18/h5-9,17,19-24H,10-13,15-16H2,1-4H3,(H,32,38)(H,33,39)(H,34,37)(H,35,41)/t19?,20-,21+,22-,23-,24+/m0/s1. The van der Waals surface area contributed by atoms with Gasteiger partial charge in [-0.05, 0) is 36.7 Å². The number of ether oxygens (including phenoxy) is 1. The Bertz CT molecular complexity index is 1240. The number of alkyl carbamates (subject to hydrolysis) is 1. The van der Waals surface area contributed by atoms with E-state index in [0.717, 1.165) is 5.56 Å². The molecule has 1 unspecified atom stereocenters. The van der Waals surface area contributed by atoms with Crippen LogP contribution in [0.2, 0.25) is 0 Å². The Balaban J connectivity index is 1.66. The van der Waals surface area contributed by atoms with E-state index in [2.05, 4.69) is 27.3 Å². The zero-order chi connectivity index (χ0) is 30.6. The van der Waals surface area contributed by atoms with E-state index in [1.54, 1.807) is 13.8 Å². The highest BCUT2D eigenvalue weighted by atomic mass is 16.5. The summed E-state index contributed by atoms with van der Waals surface area (Å²) in [7, 11) is 0. The van der Waals surface area contributed by atoms with E-state index in [9.17, 15) is 29.2 Å². The molecule has 5 amide bonds. The fraction of sp³-hybridized carbons (Fsp3) is 0.600. The van der Waals surface area contributed by atoms with Crippen LogP contribution in [-0.2, 0) is 30.5 Å². The summed E-state index contributed by atoms with van der Waals surface area (Å²) in [5.74, 6) is -2.49. The Morgan fingerprint density at radius 2 is 1.81 bits per heavy atom. The molecule has 0 radical (unpaired) electrons. The molecular formula is C30H40N6O6. The van der Waals surface area contributed by atoms with Gasteiger partial charge in [-0.1, -0.05) is 58.0 Å². The Hall–Kier alpha value is -4.14. The molecule has 12 nitrogen and oxygen atoms in total. The fourth-order valence-corrected chi connectivity index (χ4v) is 6.08. The summed E-state index contributed by atoms with van der Waals surface area (Å²) in [6.07, 6.45) is -0.0253. The van der Waals surface area contributed by atoms with Gasteiger partial charge in [-0.15, -0.1) is 0 Å². The largest absolute Gasteiger partial charge is 0.445 e. The van der Waals surface area contributed by atoms with Crippen molar-refractivity contribution in [2.45, 2.75) is 77.7 Å². The lowest BCUT2D eigenvalue weighted by molar-refractivity contribution is -0.143. The highest BCUT2D eigenvalue weighted by molar-refractivity contribution is 5.94. The van der Waals surface area contributed by atoms with Gasteiger partial charge in [0.05, 0.1) is 6.07 Å². The van der Waals surface area contributed by atoms with Gasteiger partial charge in [0.15, 0.2) is 0 Å². The van der Waals surface area contributed by atoms with Crippen LogP contribution in [0.15, 0.2) is 30.3 Å². The van der Waals surface area contributed by atoms with Crippen molar-refractivity contribution in [3.63, 3.8) is 0 Å². The number of hydrogen-bond donors (Lipinski definition) is 4. The van der Waals surface area contributed by atoms with Gasteiger partial charge in [-0.25, -0.2) is 4.79 Å². The second-order valence-corrected chi connectivity index (χ2v) is 12.4. The van der Waals surface area contributed by atoms with Crippen LogP contribution in [0.4, 0.5) is 4.79 Å². The first-order chi connectivity index (χ1) is 19.9. The van der Waals surface area contributed by atoms with E-state index in [0.29, 0.717) is 6.42 Å². The Kier molecular flexibility index (Phi) is 9.39. The molecule has 4 N–H and O–H groups in total. The molecule has 3 heterocycles. The third-order valence-electron chi connectivity index (χ3n) is 8.59. The molecule has 3 aliphatic heterocycles. The second-order valence-electron chi connectivity index (χ2n) is 12.4. The van der Waals surface area contributed by atoms with Crippen LogP contribution in [0.5, 0.6) is 0 Å². The van der Waals surface area contributed by atoms with Crippen molar-refractivity contribution in [1.82, 2.24) is 26.2 Å². The van der Waals surface area contributed by atoms with Crippen LogP contribution < -0.4 is 21.3 Å². The van der Waals surface area contributed by atoms with Gasteiger partial charge in [0.2, 0.25) is 23.6 Å². The molecule has 4 rings (SSSR count). The molecular weight excluding hydrogens is 540 g/mol. The van der Waals surface area contributed by atoms with Gasteiger partial charge in [-0.2, -0.15) is 5.26 Å². The molecule has 0 spiro atoms. The first-order valence-electron chi connectivity index (χ1n) is 14.5. The van der Waals surface area contributed by atoms with Crippen LogP contribution >= 0.6 is 0 Å². The number of rotatable bonds is 4. The molecule has 2 bridgehead atoms. The monoisotopic (exact) mass is 580 g/mol. The van der Waals surface area contributed by atoms with Crippen molar-refractivity contribution in [2.24, 2.45) is 23.2 Å². The quantitative estimate of drug-likeness (QED) is 0.415. The number of benzene rings is 1. The summed E-state index contributed by atoms with van der Waals surface area (Å²) in [5.41, 5.74) is -0.250. The molecule has 3 aliphatic rings. The first-order valence-corrected chi connectivity index (χ1v) is 14.5. The summed E-state index contributed by atoms with van der Waals surface area (Å²) in [6.45, 7) is 7.69. The van der Waals surface area contributed by atoms with Gasteiger partial charge in [0.25, 0.3) is 0 Å². The number of carbonyl (C=O) groups excluding carboxylic acids is 5. The lowest BCUT2D eigenvalue weighted by Gasteiger charge is -2.38. The Labute approximate surface area is 245 Å². The van der Waals surface area contributed by atoms with Crippen LogP contribution in [0, 0.1) is 34.5 Å². The highest BCUT2D eigenvalue weighted by Crippen LogP contribution is 2.34. The number of nitrogens with zero attached hydrogens (tertiary/aromatic N) is 2. The molecule has 1 aromatic carbocycles. The zero-order valence-corrected chi connectivity index (χ0v) is 24.5. The number of carbonyl (C=O) groups is 5. The Morgan fingerprint density at radius 1 is 1.10 bits per heavy atom. The minimum atomic E-state index is -1.16. The van der Waals surface area contributed by atoms with Crippen molar-refractivity contribution in [2.75, 3.05) is 13.1 Å². The summed E-state index contributed by atoms with van der Waals surface area (Å²) in [6, 6.07) is 7.33. The van der Waals surface area contributed by atoms with Gasteiger partial charge >= 0.3 is 6.09 Å². The van der Waals surface area contributed by atoms with E-state index in [-0.39, 0.29) is 50.3 Å². The van der Waals surface area contributed by atoms with Crippen molar-refractivity contribution in [3.8, 4) is 6.07 Å². The molecule has 226 valence electrons. The molecule has 6 atom stereocenters. The molecule has 12 heteroatoms. The van der Waals surface area contributed by atoms with Crippen LogP contribution in [0.3, 0.4) is 0 Å². The molecule has 1 aromatic rings. The predicted molar refractivity (Wildman–Crippen MR) is 151 cm³/mol. The molecule has 3 fully saturated rings. The van der Waals surface area contributed by atoms with Crippen LogP contribution in [-0.4, -0.2) is 71.9 Å². The maximum absolute atomic E-state index is 14.2. The molecule has 42 heavy (non-hydrogen) atoms. The van der Waals surface area contributed by atoms with Gasteiger partial charge < -0.3 is 30.9 Å². The minimum Gasteiger partial charge on any atom is -0.445 e. The highest BCUT2D eigenvalue weighted by Gasteiger charge is 2.49. The third-order valence-corrected chi connectivity index (χ3v) is 8.59. The average molecular weight is 581 g/mol. The SMILES string of the molecule is CC(C)[C@H]1CCN2C(=O)[C@@H](NC(=O)OCc3ccccc3)C(C)(C)CNC(=O)[C@@H]3CC(C[C@@H](C#N)NC(=O)[C@H]12)C(=O)N3. The van der Waals surface area contributed by atoms with E-state index in [1.807, 2.05) is 44.2 Å². The minimum absolute atomic E-state index is 0.00260. The smallest absolute Gasteiger partial charge is 0.408 e.